The molecule has 1 aromatic carbocycles. The second-order valence-corrected chi connectivity index (χ2v) is 6.06. The quantitative estimate of drug-likeness (QED) is 0.793. The third-order valence-corrected chi connectivity index (χ3v) is 4.51. The first kappa shape index (κ1) is 13.0. The van der Waals surface area contributed by atoms with Crippen molar-refractivity contribution in [1.82, 2.24) is 15.2 Å². The van der Waals surface area contributed by atoms with Crippen LogP contribution in [0, 0.1) is 13.8 Å². The third kappa shape index (κ3) is 2.36. The number of nitrogens with zero attached hydrogens (tertiary/aromatic N) is 3. The Morgan fingerprint density at radius 3 is 2.75 bits per heavy atom. The van der Waals surface area contributed by atoms with Crippen LogP contribution in [0.3, 0.4) is 0 Å². The molecule has 102 valence electrons. The summed E-state index contributed by atoms with van der Waals surface area (Å²) in [7, 11) is 0. The van der Waals surface area contributed by atoms with E-state index in [0.717, 1.165) is 27.3 Å². The molecule has 1 atom stereocenters. The van der Waals surface area contributed by atoms with Crippen molar-refractivity contribution in [2.75, 3.05) is 5.32 Å². The van der Waals surface area contributed by atoms with E-state index < -0.39 is 0 Å². The maximum absolute atomic E-state index is 4.48. The van der Waals surface area contributed by atoms with E-state index in [-0.39, 0.29) is 6.04 Å². The second kappa shape index (κ2) is 5.17. The number of nitrogens with one attached hydrogen (secondary N) is 1. The molecule has 0 aliphatic rings. The van der Waals surface area contributed by atoms with Gasteiger partial charge in [0.1, 0.15) is 0 Å². The van der Waals surface area contributed by atoms with Crippen molar-refractivity contribution in [1.29, 1.82) is 0 Å². The Kier molecular flexibility index (Phi) is 3.36. The topological polar surface area (TPSA) is 50.7 Å². The van der Waals surface area contributed by atoms with Gasteiger partial charge in [-0.1, -0.05) is 24.3 Å². The predicted molar refractivity (Wildman–Crippen MR) is 83.2 cm³/mol. The van der Waals surface area contributed by atoms with Crippen molar-refractivity contribution in [2.45, 2.75) is 26.8 Å². The largest absolute Gasteiger partial charge is 0.361 e. The van der Waals surface area contributed by atoms with Gasteiger partial charge >= 0.3 is 0 Å². The van der Waals surface area contributed by atoms with Gasteiger partial charge in [-0.3, -0.25) is 0 Å². The average molecular weight is 284 g/mol. The molecule has 3 aromatic rings. The van der Waals surface area contributed by atoms with E-state index in [4.69, 9.17) is 0 Å². The zero-order chi connectivity index (χ0) is 14.1. The lowest BCUT2D eigenvalue weighted by molar-refractivity contribution is 0.870. The SMILES string of the molecule is Cc1nc(C)c(C(C)Nc2nncc3ccccc23)s1. The van der Waals surface area contributed by atoms with Crippen LogP contribution in [0.2, 0.25) is 0 Å². The highest BCUT2D eigenvalue weighted by Gasteiger charge is 2.14. The van der Waals surface area contributed by atoms with Crippen molar-refractivity contribution < 1.29 is 0 Å². The van der Waals surface area contributed by atoms with E-state index in [1.54, 1.807) is 17.5 Å². The Morgan fingerprint density at radius 2 is 2.00 bits per heavy atom. The molecule has 0 spiro atoms. The molecule has 20 heavy (non-hydrogen) atoms. The van der Waals surface area contributed by atoms with Crippen molar-refractivity contribution in [3.05, 3.63) is 46.0 Å². The lowest BCUT2D eigenvalue weighted by atomic mass is 10.2. The summed E-state index contributed by atoms with van der Waals surface area (Å²) in [5, 5.41) is 15.0. The molecule has 0 fully saturated rings. The number of aryl methyl sites for hydroxylation is 2. The second-order valence-electron chi connectivity index (χ2n) is 4.83. The molecule has 0 amide bonds. The number of fused-ring (bicyclic) bond motifs is 1. The number of aromatic nitrogens is 3. The minimum Gasteiger partial charge on any atom is -0.361 e. The Bertz CT molecular complexity index is 745. The Labute approximate surface area is 121 Å². The third-order valence-electron chi connectivity index (χ3n) is 3.26. The highest BCUT2D eigenvalue weighted by molar-refractivity contribution is 7.11. The molecule has 3 rings (SSSR count). The van der Waals surface area contributed by atoms with Crippen LogP contribution in [0.25, 0.3) is 10.8 Å². The van der Waals surface area contributed by atoms with Crippen LogP contribution in [0.4, 0.5) is 5.82 Å². The molecule has 0 bridgehead atoms. The van der Waals surface area contributed by atoms with E-state index in [1.807, 2.05) is 32.0 Å². The normalized spacial score (nSPS) is 12.6. The summed E-state index contributed by atoms with van der Waals surface area (Å²) in [4.78, 5) is 5.73. The minimum absolute atomic E-state index is 0.168. The molecule has 2 aromatic heterocycles. The number of hydrogen-bond acceptors (Lipinski definition) is 5. The van der Waals surface area contributed by atoms with Gasteiger partial charge in [0.15, 0.2) is 5.82 Å². The summed E-state index contributed by atoms with van der Waals surface area (Å²) < 4.78 is 0. The van der Waals surface area contributed by atoms with Crippen molar-refractivity contribution >= 4 is 27.9 Å². The molecular weight excluding hydrogens is 268 g/mol. The molecule has 0 aliphatic heterocycles. The van der Waals surface area contributed by atoms with Gasteiger partial charge < -0.3 is 5.32 Å². The Balaban J connectivity index is 1.95. The van der Waals surface area contributed by atoms with Gasteiger partial charge in [0.2, 0.25) is 0 Å². The molecule has 1 N–H and O–H groups in total. The van der Waals surface area contributed by atoms with Crippen molar-refractivity contribution in [3.8, 4) is 0 Å². The monoisotopic (exact) mass is 284 g/mol. The van der Waals surface area contributed by atoms with Crippen LogP contribution in [-0.4, -0.2) is 15.2 Å². The number of thiazole rings is 1. The van der Waals surface area contributed by atoms with Crippen LogP contribution in [0.5, 0.6) is 0 Å². The average Bonchev–Trinajstić information content (AvgIpc) is 2.78. The lowest BCUT2D eigenvalue weighted by Crippen LogP contribution is -2.08. The highest BCUT2D eigenvalue weighted by Crippen LogP contribution is 2.29. The number of anilines is 1. The number of benzene rings is 1. The Hall–Kier alpha value is -2.01. The molecule has 4 nitrogen and oxygen atoms in total. The first-order chi connectivity index (χ1) is 9.65. The molecule has 5 heteroatoms. The van der Waals surface area contributed by atoms with Crippen LogP contribution in [-0.2, 0) is 0 Å². The maximum atomic E-state index is 4.48. The van der Waals surface area contributed by atoms with E-state index in [1.165, 1.54) is 4.88 Å². The Morgan fingerprint density at radius 1 is 1.20 bits per heavy atom. The summed E-state index contributed by atoms with van der Waals surface area (Å²) in [5.74, 6) is 0.820. The molecule has 0 radical (unpaired) electrons. The fourth-order valence-electron chi connectivity index (χ4n) is 2.35. The van der Waals surface area contributed by atoms with Gasteiger partial charge in [0.05, 0.1) is 22.9 Å². The summed E-state index contributed by atoms with van der Waals surface area (Å²) in [6.45, 7) is 6.21. The van der Waals surface area contributed by atoms with Crippen LogP contribution in [0.1, 0.15) is 28.5 Å². The van der Waals surface area contributed by atoms with Gasteiger partial charge in [-0.2, -0.15) is 5.10 Å². The standard InChI is InChI=1S/C15H16N4S/c1-9-14(20-11(3)17-9)10(2)18-15-13-7-5-4-6-12(13)8-16-19-15/h4-8,10H,1-3H3,(H,18,19). The highest BCUT2D eigenvalue weighted by atomic mass is 32.1. The number of rotatable bonds is 3. The van der Waals surface area contributed by atoms with Gasteiger partial charge in [-0.25, -0.2) is 4.98 Å². The zero-order valence-electron chi connectivity index (χ0n) is 11.7. The van der Waals surface area contributed by atoms with E-state index in [0.29, 0.717) is 0 Å². The summed E-state index contributed by atoms with van der Waals surface area (Å²) in [5.41, 5.74) is 1.08. The van der Waals surface area contributed by atoms with Crippen molar-refractivity contribution in [2.24, 2.45) is 0 Å². The summed E-state index contributed by atoms with van der Waals surface area (Å²) in [6.07, 6.45) is 1.78. The smallest absolute Gasteiger partial charge is 0.157 e. The van der Waals surface area contributed by atoms with Crippen LogP contribution < -0.4 is 5.32 Å². The van der Waals surface area contributed by atoms with Gasteiger partial charge in [-0.05, 0) is 20.8 Å². The fraction of sp³-hybridized carbons (Fsp3) is 0.267. The first-order valence-corrected chi connectivity index (χ1v) is 7.37. The number of hydrogen-bond donors (Lipinski definition) is 1. The zero-order valence-corrected chi connectivity index (χ0v) is 12.5. The van der Waals surface area contributed by atoms with Gasteiger partial charge in [0, 0.05) is 15.6 Å². The summed E-state index contributed by atoms with van der Waals surface area (Å²) in [6, 6.07) is 8.29. The molecule has 0 aliphatic carbocycles. The lowest BCUT2D eigenvalue weighted by Gasteiger charge is -2.14. The van der Waals surface area contributed by atoms with E-state index in [2.05, 4.69) is 33.5 Å². The van der Waals surface area contributed by atoms with Crippen LogP contribution in [0.15, 0.2) is 30.5 Å². The van der Waals surface area contributed by atoms with Crippen molar-refractivity contribution in [3.63, 3.8) is 0 Å². The minimum atomic E-state index is 0.168. The molecule has 0 saturated heterocycles. The van der Waals surface area contributed by atoms with Crippen LogP contribution >= 0.6 is 11.3 Å². The van der Waals surface area contributed by atoms with E-state index in [9.17, 15) is 0 Å². The van der Waals surface area contributed by atoms with Gasteiger partial charge in [0.25, 0.3) is 0 Å². The molecular formula is C15H16N4S. The first-order valence-electron chi connectivity index (χ1n) is 6.56. The van der Waals surface area contributed by atoms with E-state index >= 15 is 0 Å². The fourth-order valence-corrected chi connectivity index (χ4v) is 3.28. The molecule has 1 unspecified atom stereocenters. The van der Waals surface area contributed by atoms with Gasteiger partial charge in [-0.15, -0.1) is 16.4 Å². The predicted octanol–water partition coefficient (Wildman–Crippen LogP) is 3.88. The molecule has 2 heterocycles. The molecule has 0 saturated carbocycles. The summed E-state index contributed by atoms with van der Waals surface area (Å²) >= 11 is 1.73. The maximum Gasteiger partial charge on any atom is 0.157 e.